The van der Waals surface area contributed by atoms with Crippen LogP contribution in [0.1, 0.15) is 54.8 Å². The van der Waals surface area contributed by atoms with Crippen molar-refractivity contribution in [3.05, 3.63) is 36.0 Å². The van der Waals surface area contributed by atoms with Crippen LogP contribution in [0.15, 0.2) is 36.0 Å². The number of carbonyl (C=O) groups is 2. The minimum Gasteiger partial charge on any atom is -0.465 e. The number of hydrogen-bond donors (Lipinski definition) is 2. The van der Waals surface area contributed by atoms with Gasteiger partial charge in [0.15, 0.2) is 6.29 Å². The first-order valence-corrected chi connectivity index (χ1v) is 12.2. The van der Waals surface area contributed by atoms with Crippen molar-refractivity contribution in [2.75, 3.05) is 33.9 Å². The summed E-state index contributed by atoms with van der Waals surface area (Å²) in [5.74, 6) is -0.102. The van der Waals surface area contributed by atoms with Crippen LogP contribution in [0.3, 0.4) is 0 Å². The maximum Gasteiger partial charge on any atom is 0.406 e. The molecule has 0 unspecified atom stereocenters. The zero-order chi connectivity index (χ0) is 26.1. The van der Waals surface area contributed by atoms with E-state index < -0.39 is 6.09 Å². The lowest BCUT2D eigenvalue weighted by atomic mass is 9.85. The Morgan fingerprint density at radius 2 is 1.83 bits per heavy atom. The summed E-state index contributed by atoms with van der Waals surface area (Å²) in [6.07, 6.45) is 12.0. The maximum absolute atomic E-state index is 11.7. The predicted octanol–water partition coefficient (Wildman–Crippen LogP) is 3.90. The van der Waals surface area contributed by atoms with Crippen LogP contribution >= 0.6 is 0 Å². The van der Waals surface area contributed by atoms with E-state index in [1.165, 1.54) is 14.1 Å². The van der Waals surface area contributed by atoms with E-state index in [0.717, 1.165) is 36.3 Å². The Balaban J connectivity index is 0.000000827. The van der Waals surface area contributed by atoms with Gasteiger partial charge < -0.3 is 34.3 Å². The van der Waals surface area contributed by atoms with Crippen molar-refractivity contribution >= 4 is 12.0 Å². The van der Waals surface area contributed by atoms with Gasteiger partial charge >= 0.3 is 6.09 Å². The molecule has 0 bridgehead atoms. The largest absolute Gasteiger partial charge is 0.465 e. The van der Waals surface area contributed by atoms with Crippen molar-refractivity contribution in [1.29, 1.82) is 0 Å². The standard InChI is InChI=1S/C23H35NO5.C3H7NO2.H2/c1-5-6-7-20(25)24-18-13-26-21(27-14-18)11-9-17(2)8-10-19-12-23(16-28-23)15-22(3,4)29-19;1-4(2)3(5)6;/h6-10,18-19,21H,5,11-16H2,1-4H3,(H,24,25);1-2H3,(H,5,6);1H/b7-6-,10-8+,17-9+;;/t18?,19-,21?,23-;;/m1../s1. The van der Waals surface area contributed by atoms with Crippen molar-refractivity contribution < 1.29 is 35.1 Å². The van der Waals surface area contributed by atoms with Crippen molar-refractivity contribution in [2.24, 2.45) is 0 Å². The topological polar surface area (TPSA) is 110 Å². The van der Waals surface area contributed by atoms with E-state index in [4.69, 9.17) is 24.1 Å². The highest BCUT2D eigenvalue weighted by atomic mass is 16.7. The number of carboxylic acid groups (broad SMARTS) is 1. The van der Waals surface area contributed by atoms with Crippen LogP contribution in [0.4, 0.5) is 4.79 Å². The summed E-state index contributed by atoms with van der Waals surface area (Å²) in [6.45, 7) is 10.1. The summed E-state index contributed by atoms with van der Waals surface area (Å²) in [7, 11) is 2.95. The first-order valence-electron chi connectivity index (χ1n) is 12.2. The fraction of sp³-hybridized carbons (Fsp3) is 0.692. The van der Waals surface area contributed by atoms with Gasteiger partial charge in [0.25, 0.3) is 0 Å². The van der Waals surface area contributed by atoms with E-state index in [1.807, 2.05) is 13.0 Å². The smallest absolute Gasteiger partial charge is 0.406 e. The molecule has 0 aromatic rings. The Labute approximate surface area is 210 Å². The summed E-state index contributed by atoms with van der Waals surface area (Å²) in [5.41, 5.74) is 1.04. The fourth-order valence-corrected chi connectivity index (χ4v) is 3.98. The highest BCUT2D eigenvalue weighted by Gasteiger charge is 2.53. The van der Waals surface area contributed by atoms with E-state index in [2.05, 4.69) is 44.3 Å². The van der Waals surface area contributed by atoms with Crippen LogP contribution in [0, 0.1) is 0 Å². The zero-order valence-electron chi connectivity index (χ0n) is 21.9. The van der Waals surface area contributed by atoms with Gasteiger partial charge in [-0.15, -0.1) is 0 Å². The summed E-state index contributed by atoms with van der Waals surface area (Å²) in [4.78, 5) is 22.4. The molecule has 0 aliphatic carbocycles. The normalized spacial score (nSPS) is 30.1. The van der Waals surface area contributed by atoms with Gasteiger partial charge in [-0.1, -0.05) is 36.8 Å². The van der Waals surface area contributed by atoms with Crippen molar-refractivity contribution in [3.8, 4) is 0 Å². The maximum atomic E-state index is 11.7. The molecule has 9 nitrogen and oxygen atoms in total. The summed E-state index contributed by atoms with van der Waals surface area (Å²) in [6, 6.07) is -0.103. The molecule has 3 fully saturated rings. The van der Waals surface area contributed by atoms with Crippen molar-refractivity contribution in [1.82, 2.24) is 10.2 Å². The highest BCUT2D eigenvalue weighted by molar-refractivity contribution is 5.87. The molecule has 3 aliphatic heterocycles. The first kappa shape index (κ1) is 29.0. The molecular weight excluding hydrogens is 452 g/mol. The Bertz CT molecular complexity index is 792. The molecule has 9 heteroatoms. The van der Waals surface area contributed by atoms with Gasteiger partial charge in [-0.05, 0) is 33.3 Å². The summed E-state index contributed by atoms with van der Waals surface area (Å²) in [5, 5.41) is 10.8. The van der Waals surface area contributed by atoms with Crippen LogP contribution in [0.25, 0.3) is 0 Å². The number of rotatable bonds is 7. The van der Waals surface area contributed by atoms with Gasteiger partial charge in [0.2, 0.25) is 5.91 Å². The number of hydrogen-bond acceptors (Lipinski definition) is 6. The Morgan fingerprint density at radius 3 is 2.37 bits per heavy atom. The molecule has 0 radical (unpaired) electrons. The van der Waals surface area contributed by atoms with E-state index >= 15 is 0 Å². The molecule has 200 valence electrons. The van der Waals surface area contributed by atoms with Gasteiger partial charge in [0.05, 0.1) is 43.2 Å². The second kappa shape index (κ2) is 13.2. The minimum atomic E-state index is -0.907. The predicted molar refractivity (Wildman–Crippen MR) is 135 cm³/mol. The SMILES string of the molecule is CC/C=C\C(=O)NC1COC(C/C=C(C)/C=C/[C@@H]2C[C@]3(CO3)CC(C)(C)O2)OC1.CN(C)C(=O)O.[HH]. The number of ether oxygens (including phenoxy) is 4. The minimum absolute atomic E-state index is 0. The van der Waals surface area contributed by atoms with E-state index in [1.54, 1.807) is 6.08 Å². The quantitative estimate of drug-likeness (QED) is 0.312. The van der Waals surface area contributed by atoms with E-state index in [-0.39, 0.29) is 37.0 Å². The van der Waals surface area contributed by atoms with Gasteiger partial charge in [-0.25, -0.2) is 4.79 Å². The monoisotopic (exact) mass is 496 g/mol. The molecule has 2 amide bonds. The summed E-state index contributed by atoms with van der Waals surface area (Å²) >= 11 is 0. The van der Waals surface area contributed by atoms with Crippen LogP contribution in [0.2, 0.25) is 0 Å². The fourth-order valence-electron chi connectivity index (χ4n) is 3.98. The molecule has 3 aliphatic rings. The van der Waals surface area contributed by atoms with Gasteiger partial charge in [0.1, 0.15) is 0 Å². The number of nitrogens with zero attached hydrogens (tertiary/aromatic N) is 1. The molecular formula is C26H44N2O7. The summed E-state index contributed by atoms with van der Waals surface area (Å²) < 4.78 is 23.3. The van der Waals surface area contributed by atoms with Gasteiger partial charge in [-0.2, -0.15) is 0 Å². The molecule has 3 heterocycles. The third kappa shape index (κ3) is 10.9. The van der Waals surface area contributed by atoms with Gasteiger partial charge in [0, 0.05) is 34.8 Å². The molecule has 1 spiro atoms. The van der Waals surface area contributed by atoms with Crippen LogP contribution in [-0.4, -0.2) is 85.6 Å². The third-order valence-electron chi connectivity index (χ3n) is 5.75. The number of epoxide rings is 1. The first-order chi connectivity index (χ1) is 16.4. The second-order valence-corrected chi connectivity index (χ2v) is 10.1. The number of amides is 2. The third-order valence-corrected chi connectivity index (χ3v) is 5.75. The van der Waals surface area contributed by atoms with Gasteiger partial charge in [-0.3, -0.25) is 4.79 Å². The van der Waals surface area contributed by atoms with E-state index in [0.29, 0.717) is 19.6 Å². The lowest BCUT2D eigenvalue weighted by Crippen LogP contribution is -2.46. The molecule has 3 rings (SSSR count). The average Bonchev–Trinajstić information content (AvgIpc) is 3.52. The Hall–Kier alpha value is -2.20. The molecule has 2 N–H and O–H groups in total. The Kier molecular flexibility index (Phi) is 11.0. The number of nitrogens with one attached hydrogen (secondary N) is 1. The second-order valence-electron chi connectivity index (χ2n) is 10.1. The lowest BCUT2D eigenvalue weighted by molar-refractivity contribution is -0.187. The van der Waals surface area contributed by atoms with Crippen LogP contribution < -0.4 is 5.32 Å². The molecule has 2 atom stereocenters. The van der Waals surface area contributed by atoms with Crippen LogP contribution in [-0.2, 0) is 23.7 Å². The molecule has 0 aromatic heterocycles. The number of carbonyl (C=O) groups excluding carboxylic acids is 1. The Morgan fingerprint density at radius 1 is 1.20 bits per heavy atom. The van der Waals surface area contributed by atoms with Crippen molar-refractivity contribution in [3.63, 3.8) is 0 Å². The highest BCUT2D eigenvalue weighted by Crippen LogP contribution is 2.46. The van der Waals surface area contributed by atoms with Crippen LogP contribution in [0.5, 0.6) is 0 Å². The molecule has 3 saturated heterocycles. The molecule has 35 heavy (non-hydrogen) atoms. The van der Waals surface area contributed by atoms with E-state index in [9.17, 15) is 9.59 Å². The van der Waals surface area contributed by atoms with Crippen molar-refractivity contribution in [2.45, 2.75) is 83.0 Å². The average molecular weight is 497 g/mol. The lowest BCUT2D eigenvalue weighted by Gasteiger charge is -2.38. The molecule has 0 aromatic carbocycles. The number of allylic oxidation sites excluding steroid dienone is 3. The molecule has 0 saturated carbocycles. The zero-order valence-corrected chi connectivity index (χ0v) is 21.9.